The molecule has 4 heteroatoms. The second kappa shape index (κ2) is 12.7. The molecule has 0 bridgehead atoms. The number of hydrogen-bond donors (Lipinski definition) is 1. The van der Waals surface area contributed by atoms with E-state index in [1.165, 1.54) is 0 Å². The van der Waals surface area contributed by atoms with Crippen LogP contribution in [-0.4, -0.2) is 19.8 Å². The van der Waals surface area contributed by atoms with Crippen LogP contribution in [0.2, 0.25) is 6.82 Å². The van der Waals surface area contributed by atoms with Gasteiger partial charge in [-0.15, -0.1) is 0 Å². The van der Waals surface area contributed by atoms with E-state index in [2.05, 4.69) is 47.3 Å². The lowest BCUT2D eigenvalue weighted by molar-refractivity contribution is 0.0261. The summed E-state index contributed by atoms with van der Waals surface area (Å²) in [4.78, 5) is 0. The van der Waals surface area contributed by atoms with Crippen molar-refractivity contribution in [2.24, 2.45) is 11.7 Å². The zero-order valence-electron chi connectivity index (χ0n) is 15.0. The smallest absolute Gasteiger partial charge is 0.414 e. The molecule has 0 saturated carbocycles. The van der Waals surface area contributed by atoms with E-state index in [1.807, 2.05) is 19.0 Å². The third kappa shape index (κ3) is 13.7. The largest absolute Gasteiger partial charge is 0.453 e. The summed E-state index contributed by atoms with van der Waals surface area (Å²) in [5, 5.41) is 0. The van der Waals surface area contributed by atoms with E-state index in [0.717, 1.165) is 12.8 Å². The van der Waals surface area contributed by atoms with E-state index >= 15 is 0 Å². The molecule has 0 heterocycles. The van der Waals surface area contributed by atoms with Crippen molar-refractivity contribution in [2.75, 3.05) is 7.11 Å². The molecule has 0 saturated heterocycles. The normalized spacial score (nSPS) is 13.1. The van der Waals surface area contributed by atoms with E-state index in [1.54, 1.807) is 13.2 Å². The zero-order chi connectivity index (χ0) is 16.9. The van der Waals surface area contributed by atoms with Gasteiger partial charge < -0.3 is 15.0 Å². The number of allylic oxidation sites excluding steroid dienone is 4. The van der Waals surface area contributed by atoms with Crippen LogP contribution in [0.1, 0.15) is 47.5 Å². The third-order valence-corrected chi connectivity index (χ3v) is 3.39. The van der Waals surface area contributed by atoms with Crippen LogP contribution in [-0.2, 0) is 9.31 Å². The van der Waals surface area contributed by atoms with Crippen LogP contribution >= 0.6 is 0 Å². The van der Waals surface area contributed by atoms with E-state index in [9.17, 15) is 0 Å². The predicted octanol–water partition coefficient (Wildman–Crippen LogP) is 4.57. The van der Waals surface area contributed by atoms with Gasteiger partial charge in [0.2, 0.25) is 0 Å². The molecule has 122 valence electrons. The first kappa shape index (κ1) is 22.3. The van der Waals surface area contributed by atoms with E-state index < -0.39 is 0 Å². The summed E-state index contributed by atoms with van der Waals surface area (Å²) >= 11 is 0. The van der Waals surface area contributed by atoms with Gasteiger partial charge in [0.25, 0.3) is 0 Å². The molecule has 0 amide bonds. The highest BCUT2D eigenvalue weighted by Crippen LogP contribution is 2.24. The Bertz CT molecular complexity index is 325. The van der Waals surface area contributed by atoms with E-state index in [0.29, 0.717) is 11.6 Å². The first-order valence-corrected chi connectivity index (χ1v) is 7.69. The van der Waals surface area contributed by atoms with Crippen LogP contribution < -0.4 is 5.73 Å². The standard InChI is InChI=1S/C9H21BO2.C8H13N/c1-7-8(2)9(3,4)12-10(5)11-6;1-3-4-5-6-7-8(2)9/h8H,7H2,1-6H3;4-7H,2-3,9H2,1H3/b;5-4-,7-6-. The first-order valence-electron chi connectivity index (χ1n) is 7.69. The zero-order valence-corrected chi connectivity index (χ0v) is 15.0. The van der Waals surface area contributed by atoms with Crippen molar-refractivity contribution < 1.29 is 9.31 Å². The van der Waals surface area contributed by atoms with Gasteiger partial charge in [0.05, 0.1) is 5.60 Å². The van der Waals surface area contributed by atoms with Crippen molar-refractivity contribution in [3.63, 3.8) is 0 Å². The number of rotatable bonds is 8. The molecule has 1 atom stereocenters. The Morgan fingerprint density at radius 2 is 1.90 bits per heavy atom. The van der Waals surface area contributed by atoms with Gasteiger partial charge >= 0.3 is 7.12 Å². The van der Waals surface area contributed by atoms with Crippen LogP contribution in [0.15, 0.2) is 36.6 Å². The predicted molar refractivity (Wildman–Crippen MR) is 95.1 cm³/mol. The minimum Gasteiger partial charge on any atom is -0.414 e. The highest BCUT2D eigenvalue weighted by atomic mass is 16.6. The summed E-state index contributed by atoms with van der Waals surface area (Å²) < 4.78 is 10.8. The Balaban J connectivity index is 0. The number of nitrogens with two attached hydrogens (primary N) is 1. The second-order valence-corrected chi connectivity index (χ2v) is 5.60. The highest BCUT2D eigenvalue weighted by molar-refractivity contribution is 6.42. The summed E-state index contributed by atoms with van der Waals surface area (Å²) in [6.45, 7) is 16.1. The monoisotopic (exact) mass is 295 g/mol. The maximum atomic E-state index is 5.72. The molecule has 21 heavy (non-hydrogen) atoms. The minimum absolute atomic E-state index is 0.0931. The summed E-state index contributed by atoms with van der Waals surface area (Å²) in [6.07, 6.45) is 9.85. The topological polar surface area (TPSA) is 44.5 Å². The molecule has 0 aromatic carbocycles. The van der Waals surface area contributed by atoms with Gasteiger partial charge in [-0.3, -0.25) is 0 Å². The van der Waals surface area contributed by atoms with Gasteiger partial charge in [0.15, 0.2) is 0 Å². The van der Waals surface area contributed by atoms with Gasteiger partial charge in [-0.25, -0.2) is 0 Å². The molecule has 2 N–H and O–H groups in total. The minimum atomic E-state index is -0.117. The maximum Gasteiger partial charge on any atom is 0.453 e. The average Bonchev–Trinajstić information content (AvgIpc) is 2.42. The molecule has 3 nitrogen and oxygen atoms in total. The molecule has 0 aromatic heterocycles. The Morgan fingerprint density at radius 3 is 2.29 bits per heavy atom. The van der Waals surface area contributed by atoms with E-state index in [-0.39, 0.29) is 12.7 Å². The fourth-order valence-electron chi connectivity index (χ4n) is 1.48. The Labute approximate surface area is 132 Å². The fourth-order valence-corrected chi connectivity index (χ4v) is 1.48. The lowest BCUT2D eigenvalue weighted by Gasteiger charge is -2.33. The molecule has 0 radical (unpaired) electrons. The lowest BCUT2D eigenvalue weighted by atomic mass is 9.85. The SMILES string of the molecule is C=C(N)/C=C\C=C/CC.CCC(C)C(C)(C)OB(C)OC. The van der Waals surface area contributed by atoms with Gasteiger partial charge in [0.1, 0.15) is 0 Å². The molecular weight excluding hydrogens is 261 g/mol. The first-order chi connectivity index (χ1) is 9.71. The Hall–Kier alpha value is -0.995. The van der Waals surface area contributed by atoms with Crippen LogP contribution in [0.4, 0.5) is 0 Å². The van der Waals surface area contributed by atoms with Gasteiger partial charge in [-0.2, -0.15) is 0 Å². The molecule has 0 aliphatic heterocycles. The van der Waals surface area contributed by atoms with Gasteiger partial charge in [-0.05, 0) is 39.1 Å². The summed E-state index contributed by atoms with van der Waals surface area (Å²) in [7, 11) is 1.55. The van der Waals surface area contributed by atoms with Crippen LogP contribution in [0.25, 0.3) is 0 Å². The molecule has 0 aliphatic carbocycles. The molecule has 1 unspecified atom stereocenters. The molecule has 0 aromatic rings. The average molecular weight is 295 g/mol. The lowest BCUT2D eigenvalue weighted by Crippen LogP contribution is -2.38. The van der Waals surface area contributed by atoms with E-state index in [4.69, 9.17) is 15.0 Å². The van der Waals surface area contributed by atoms with Crippen molar-refractivity contribution in [1.82, 2.24) is 0 Å². The van der Waals surface area contributed by atoms with Crippen molar-refractivity contribution in [1.29, 1.82) is 0 Å². The molecule has 0 aliphatic rings. The third-order valence-electron chi connectivity index (χ3n) is 3.39. The summed E-state index contributed by atoms with van der Waals surface area (Å²) in [5.41, 5.74) is 5.76. The quantitative estimate of drug-likeness (QED) is 0.527. The molecule has 0 fully saturated rings. The Morgan fingerprint density at radius 1 is 1.33 bits per heavy atom. The van der Waals surface area contributed by atoms with Crippen LogP contribution in [0.3, 0.4) is 0 Å². The summed E-state index contributed by atoms with van der Waals surface area (Å²) in [5.74, 6) is 0.551. The van der Waals surface area contributed by atoms with Gasteiger partial charge in [-0.1, -0.05) is 52.0 Å². The molecular formula is C17H34BNO2. The van der Waals surface area contributed by atoms with Crippen molar-refractivity contribution in [2.45, 2.75) is 59.9 Å². The van der Waals surface area contributed by atoms with Crippen molar-refractivity contribution >= 4 is 7.12 Å². The fraction of sp³-hybridized carbons (Fsp3) is 0.647. The van der Waals surface area contributed by atoms with Crippen LogP contribution in [0, 0.1) is 5.92 Å². The maximum absolute atomic E-state index is 5.72. The van der Waals surface area contributed by atoms with Crippen LogP contribution in [0.5, 0.6) is 0 Å². The Kier molecular flexibility index (Phi) is 13.5. The summed E-state index contributed by atoms with van der Waals surface area (Å²) in [6, 6.07) is 0. The number of hydrogen-bond acceptors (Lipinski definition) is 3. The second-order valence-electron chi connectivity index (χ2n) is 5.60. The highest BCUT2D eigenvalue weighted by Gasteiger charge is 2.28. The molecule has 0 spiro atoms. The van der Waals surface area contributed by atoms with Gasteiger partial charge in [0, 0.05) is 12.8 Å². The van der Waals surface area contributed by atoms with Crippen molar-refractivity contribution in [3.8, 4) is 0 Å². The molecule has 0 rings (SSSR count). The van der Waals surface area contributed by atoms with Crippen molar-refractivity contribution in [3.05, 3.63) is 36.6 Å².